The highest BCUT2D eigenvalue weighted by atomic mass is 32.1. The second kappa shape index (κ2) is 7.52. The molecule has 11 nitrogen and oxygen atoms in total. The van der Waals surface area contributed by atoms with E-state index in [2.05, 4.69) is 35.8 Å². The van der Waals surface area contributed by atoms with Crippen LogP contribution in [0.25, 0.3) is 16.4 Å². The molecule has 0 atom stereocenters. The van der Waals surface area contributed by atoms with Gasteiger partial charge >= 0.3 is 0 Å². The minimum absolute atomic E-state index is 0.0147. The van der Waals surface area contributed by atoms with Crippen LogP contribution in [0.1, 0.15) is 23.0 Å². The Hall–Kier alpha value is -4.06. The lowest BCUT2D eigenvalue weighted by molar-refractivity contribution is 0.0950. The molecule has 0 unspecified atom stereocenters. The molecule has 0 bridgehead atoms. The first-order valence-electron chi connectivity index (χ1n) is 8.26. The highest BCUT2D eigenvalue weighted by Gasteiger charge is 2.25. The van der Waals surface area contributed by atoms with Gasteiger partial charge in [-0.05, 0) is 58.5 Å². The van der Waals surface area contributed by atoms with Crippen LogP contribution in [0.5, 0.6) is 5.75 Å². The summed E-state index contributed by atoms with van der Waals surface area (Å²) < 4.78 is 5.92. The number of hydrazone groups is 1. The van der Waals surface area contributed by atoms with Gasteiger partial charge in [-0.1, -0.05) is 11.3 Å². The highest BCUT2D eigenvalue weighted by molar-refractivity contribution is 7.13. The average Bonchev–Trinajstić information content (AvgIpc) is 3.46. The molecule has 1 aromatic carbocycles. The van der Waals surface area contributed by atoms with Crippen molar-refractivity contribution in [2.24, 2.45) is 5.10 Å². The zero-order valence-corrected chi connectivity index (χ0v) is 15.8. The third-order valence-electron chi connectivity index (χ3n) is 3.95. The number of phenols is 1. The summed E-state index contributed by atoms with van der Waals surface area (Å²) in [5.41, 5.74) is 9.95. The second-order valence-corrected chi connectivity index (χ2v) is 6.78. The molecule has 1 amide bonds. The van der Waals surface area contributed by atoms with Crippen molar-refractivity contribution in [3.63, 3.8) is 0 Å². The quantitative estimate of drug-likeness (QED) is 0.332. The Kier molecular flexibility index (Phi) is 4.75. The summed E-state index contributed by atoms with van der Waals surface area (Å²) in [6, 6.07) is 10.1. The Balaban J connectivity index is 1.67. The Morgan fingerprint density at radius 3 is 2.72 bits per heavy atom. The van der Waals surface area contributed by atoms with Gasteiger partial charge in [0.05, 0.1) is 10.6 Å². The summed E-state index contributed by atoms with van der Waals surface area (Å²) in [6.07, 6.45) is 0. The molecule has 3 heterocycles. The number of aromatic hydroxyl groups is 1. The van der Waals surface area contributed by atoms with Gasteiger partial charge in [0, 0.05) is 0 Å². The summed E-state index contributed by atoms with van der Waals surface area (Å²) in [4.78, 5) is 13.5. The maximum atomic E-state index is 12.8. The lowest BCUT2D eigenvalue weighted by Gasteiger charge is -2.04. The van der Waals surface area contributed by atoms with Crippen molar-refractivity contribution in [3.8, 4) is 22.1 Å². The molecule has 0 aliphatic heterocycles. The van der Waals surface area contributed by atoms with E-state index >= 15 is 0 Å². The molecule has 29 heavy (non-hydrogen) atoms. The molecule has 0 saturated heterocycles. The Morgan fingerprint density at radius 2 is 2.07 bits per heavy atom. The fourth-order valence-corrected chi connectivity index (χ4v) is 3.27. The van der Waals surface area contributed by atoms with E-state index < -0.39 is 5.91 Å². The van der Waals surface area contributed by atoms with Crippen LogP contribution < -0.4 is 11.2 Å². The van der Waals surface area contributed by atoms with Crippen molar-refractivity contribution >= 4 is 28.8 Å². The molecule has 0 fully saturated rings. The van der Waals surface area contributed by atoms with E-state index in [1.807, 2.05) is 17.5 Å². The topological polar surface area (TPSA) is 157 Å². The number of hydrogen-bond acceptors (Lipinski definition) is 10. The monoisotopic (exact) mass is 410 g/mol. The first-order valence-corrected chi connectivity index (χ1v) is 9.14. The third-order valence-corrected chi connectivity index (χ3v) is 4.82. The van der Waals surface area contributed by atoms with Crippen LogP contribution in [0.2, 0.25) is 0 Å². The van der Waals surface area contributed by atoms with E-state index in [1.54, 1.807) is 19.1 Å². The van der Waals surface area contributed by atoms with E-state index in [9.17, 15) is 9.90 Å². The number of phenolic OH excluding ortho intramolecular Hbond substituents is 1. The number of hydrogen-bond donors (Lipinski definition) is 3. The SMILES string of the molecule is C/C(=N/NC(=O)c1nnn(-c2nonc2N)c1-c1cccs1)c1ccc(O)cc1. The molecule has 4 N–H and O–H groups in total. The largest absolute Gasteiger partial charge is 0.508 e. The van der Waals surface area contributed by atoms with Gasteiger partial charge in [0.1, 0.15) is 11.4 Å². The van der Waals surface area contributed by atoms with Gasteiger partial charge in [-0.2, -0.15) is 9.78 Å². The molecular formula is C17H14N8O3S. The standard InChI is InChI=1S/C17H14N8O3S/c1-9(10-4-6-11(26)7-5-10)19-21-17(27)13-14(12-3-2-8-29-12)25(24-20-13)16-15(18)22-28-23-16/h2-8,26H,1H3,(H2,18,22)(H,21,27)/b19-9-. The maximum absolute atomic E-state index is 12.8. The molecular weight excluding hydrogens is 396 g/mol. The van der Waals surface area contributed by atoms with E-state index in [0.29, 0.717) is 11.4 Å². The Bertz CT molecular complexity index is 1180. The molecule has 3 aromatic heterocycles. The van der Waals surface area contributed by atoms with E-state index in [1.165, 1.54) is 28.2 Å². The average molecular weight is 410 g/mol. The van der Waals surface area contributed by atoms with Gasteiger partial charge in [0.25, 0.3) is 5.91 Å². The smallest absolute Gasteiger partial charge is 0.294 e. The molecule has 0 aliphatic carbocycles. The molecule has 0 radical (unpaired) electrons. The summed E-state index contributed by atoms with van der Waals surface area (Å²) in [5.74, 6) is -0.276. The molecule has 0 spiro atoms. The van der Waals surface area contributed by atoms with Gasteiger partial charge in [-0.15, -0.1) is 16.4 Å². The van der Waals surface area contributed by atoms with Crippen LogP contribution >= 0.6 is 11.3 Å². The van der Waals surface area contributed by atoms with Gasteiger partial charge in [0.15, 0.2) is 5.69 Å². The number of nitrogens with zero attached hydrogens (tertiary/aromatic N) is 6. The molecule has 4 rings (SSSR count). The fraction of sp³-hybridized carbons (Fsp3) is 0.0588. The first-order chi connectivity index (χ1) is 14.0. The number of carbonyl (C=O) groups excluding carboxylic acids is 1. The number of rotatable bonds is 5. The van der Waals surface area contributed by atoms with Gasteiger partial charge in [-0.25, -0.2) is 10.1 Å². The van der Waals surface area contributed by atoms with Gasteiger partial charge in [0.2, 0.25) is 11.6 Å². The minimum atomic E-state index is -0.562. The van der Waals surface area contributed by atoms with E-state index in [-0.39, 0.29) is 23.1 Å². The second-order valence-electron chi connectivity index (χ2n) is 5.83. The van der Waals surface area contributed by atoms with Crippen LogP contribution in [-0.2, 0) is 0 Å². The number of aromatic nitrogens is 5. The highest BCUT2D eigenvalue weighted by Crippen LogP contribution is 2.29. The van der Waals surface area contributed by atoms with Crippen LogP contribution in [0, 0.1) is 0 Å². The summed E-state index contributed by atoms with van der Waals surface area (Å²) in [6.45, 7) is 1.73. The molecule has 146 valence electrons. The zero-order valence-electron chi connectivity index (χ0n) is 15.0. The van der Waals surface area contributed by atoms with Crippen LogP contribution in [-0.4, -0.2) is 42.0 Å². The maximum Gasteiger partial charge on any atom is 0.294 e. The number of nitrogen functional groups attached to an aromatic ring is 1. The van der Waals surface area contributed by atoms with Crippen LogP contribution in [0.4, 0.5) is 5.82 Å². The number of benzene rings is 1. The summed E-state index contributed by atoms with van der Waals surface area (Å²) >= 11 is 1.39. The van der Waals surface area contributed by atoms with Gasteiger partial charge in [-0.3, -0.25) is 4.79 Å². The van der Waals surface area contributed by atoms with Crippen molar-refractivity contribution in [2.45, 2.75) is 6.92 Å². The lowest BCUT2D eigenvalue weighted by Crippen LogP contribution is -2.20. The molecule has 0 aliphatic rings. The summed E-state index contributed by atoms with van der Waals surface area (Å²) in [5, 5.41) is 30.5. The first kappa shape index (κ1) is 18.3. The van der Waals surface area contributed by atoms with Crippen molar-refractivity contribution in [3.05, 3.63) is 53.0 Å². The van der Waals surface area contributed by atoms with Crippen LogP contribution in [0.15, 0.2) is 51.5 Å². The number of amides is 1. The number of nitrogens with two attached hydrogens (primary N) is 1. The third kappa shape index (κ3) is 3.55. The Labute approximate surface area is 167 Å². The van der Waals surface area contributed by atoms with Gasteiger partial charge < -0.3 is 10.8 Å². The summed E-state index contributed by atoms with van der Waals surface area (Å²) in [7, 11) is 0. The van der Waals surface area contributed by atoms with Crippen molar-refractivity contribution < 1.29 is 14.5 Å². The van der Waals surface area contributed by atoms with Crippen molar-refractivity contribution in [2.75, 3.05) is 5.73 Å². The van der Waals surface area contributed by atoms with E-state index in [0.717, 1.165) is 10.4 Å². The minimum Gasteiger partial charge on any atom is -0.508 e. The zero-order chi connectivity index (χ0) is 20.4. The molecule has 12 heteroatoms. The van der Waals surface area contributed by atoms with Crippen LogP contribution in [0.3, 0.4) is 0 Å². The predicted molar refractivity (Wildman–Crippen MR) is 105 cm³/mol. The predicted octanol–water partition coefficient (Wildman–Crippen LogP) is 1.82. The normalized spacial score (nSPS) is 11.6. The number of carbonyl (C=O) groups is 1. The van der Waals surface area contributed by atoms with E-state index in [4.69, 9.17) is 5.73 Å². The number of anilines is 1. The van der Waals surface area contributed by atoms with Crippen molar-refractivity contribution in [1.29, 1.82) is 0 Å². The fourth-order valence-electron chi connectivity index (χ4n) is 2.51. The molecule has 4 aromatic rings. The number of thiophene rings is 1. The van der Waals surface area contributed by atoms with Crippen molar-refractivity contribution in [1.82, 2.24) is 30.7 Å². The Morgan fingerprint density at radius 1 is 1.28 bits per heavy atom. The number of nitrogens with one attached hydrogen (secondary N) is 1. The lowest BCUT2D eigenvalue weighted by atomic mass is 10.1. The molecule has 0 saturated carbocycles.